The molecule has 0 aromatic carbocycles. The molecular weight excluding hydrogens is 248 g/mol. The van der Waals surface area contributed by atoms with Crippen molar-refractivity contribution in [1.82, 2.24) is 9.97 Å². The van der Waals surface area contributed by atoms with Crippen LogP contribution in [0.2, 0.25) is 0 Å². The Morgan fingerprint density at radius 2 is 2.39 bits per heavy atom. The Balaban J connectivity index is 1.86. The molecule has 0 saturated heterocycles. The third kappa shape index (κ3) is 2.02. The minimum atomic E-state index is -0.215. The Labute approximate surface area is 107 Å². The predicted octanol–water partition coefficient (Wildman–Crippen LogP) is 1.95. The average Bonchev–Trinajstić information content (AvgIpc) is 2.95. The molecule has 3 rings (SSSR count). The number of anilines is 1. The van der Waals surface area contributed by atoms with Crippen LogP contribution in [0.5, 0.6) is 0 Å². The van der Waals surface area contributed by atoms with Gasteiger partial charge in [-0.1, -0.05) is 17.4 Å². The molecule has 1 amide bonds. The van der Waals surface area contributed by atoms with E-state index in [9.17, 15) is 4.79 Å². The first-order chi connectivity index (χ1) is 8.72. The van der Waals surface area contributed by atoms with Crippen molar-refractivity contribution in [3.63, 3.8) is 0 Å². The molecule has 1 N–H and O–H groups in total. The van der Waals surface area contributed by atoms with Crippen LogP contribution < -0.4 is 5.32 Å². The van der Waals surface area contributed by atoms with Gasteiger partial charge in [0.1, 0.15) is 11.2 Å². The molecule has 0 radical (unpaired) electrons. The van der Waals surface area contributed by atoms with Crippen LogP contribution >= 0.6 is 11.3 Å². The van der Waals surface area contributed by atoms with E-state index in [4.69, 9.17) is 0 Å². The number of fused-ring (bicyclic) bond motifs is 1. The summed E-state index contributed by atoms with van der Waals surface area (Å²) in [7, 11) is 0. The highest BCUT2D eigenvalue weighted by Gasteiger charge is 2.13. The third-order valence-corrected chi connectivity index (χ3v) is 3.44. The molecule has 90 valence electrons. The van der Waals surface area contributed by atoms with E-state index in [2.05, 4.69) is 20.3 Å². The summed E-state index contributed by atoms with van der Waals surface area (Å²) in [5.41, 5.74) is 2.18. The maximum Gasteiger partial charge on any atom is 0.275 e. The van der Waals surface area contributed by atoms with Crippen LogP contribution in [0.15, 0.2) is 29.4 Å². The summed E-state index contributed by atoms with van der Waals surface area (Å²) in [5, 5.41) is 3.33. The zero-order valence-electron chi connectivity index (χ0n) is 9.67. The molecule has 0 atom stereocenters. The number of carbonyl (C=O) groups excluding carboxylic acids is 1. The summed E-state index contributed by atoms with van der Waals surface area (Å²) < 4.78 is 1.02. The summed E-state index contributed by atoms with van der Waals surface area (Å²) in [5.74, 6) is -0.215. The first-order valence-electron chi connectivity index (χ1n) is 5.48. The summed E-state index contributed by atoms with van der Waals surface area (Å²) in [6.45, 7) is 2.50. The molecular formula is C12H10N4OS. The van der Waals surface area contributed by atoms with Crippen molar-refractivity contribution in [2.45, 2.75) is 6.92 Å². The molecule has 2 aromatic heterocycles. The number of carbonyl (C=O) groups is 1. The number of aryl methyl sites for hydroxylation is 1. The minimum Gasteiger partial charge on any atom is -0.296 e. The van der Waals surface area contributed by atoms with Gasteiger partial charge in [0.2, 0.25) is 0 Å². The molecule has 5 nitrogen and oxygen atoms in total. The van der Waals surface area contributed by atoms with Crippen molar-refractivity contribution < 1.29 is 4.79 Å². The fraction of sp³-hybridized carbons (Fsp3) is 0.167. The molecule has 2 aromatic rings. The monoisotopic (exact) mass is 258 g/mol. The van der Waals surface area contributed by atoms with Crippen molar-refractivity contribution in [3.8, 4) is 0 Å². The zero-order chi connectivity index (χ0) is 12.5. The van der Waals surface area contributed by atoms with Crippen molar-refractivity contribution >= 4 is 38.3 Å². The van der Waals surface area contributed by atoms with E-state index in [-0.39, 0.29) is 5.91 Å². The van der Waals surface area contributed by atoms with Gasteiger partial charge in [0.05, 0.1) is 17.4 Å². The van der Waals surface area contributed by atoms with Crippen LogP contribution in [0.4, 0.5) is 5.13 Å². The number of nitrogens with one attached hydrogen (secondary N) is 1. The van der Waals surface area contributed by atoms with Gasteiger partial charge in [-0.15, -0.1) is 0 Å². The molecule has 0 saturated carbocycles. The number of nitrogens with zero attached hydrogens (tertiary/aromatic N) is 3. The van der Waals surface area contributed by atoms with Crippen LogP contribution in [0.1, 0.15) is 5.69 Å². The van der Waals surface area contributed by atoms with Gasteiger partial charge in [-0.25, -0.2) is 4.98 Å². The number of thiazole rings is 1. The van der Waals surface area contributed by atoms with Crippen molar-refractivity contribution in [3.05, 3.63) is 30.1 Å². The number of aromatic nitrogens is 2. The smallest absolute Gasteiger partial charge is 0.275 e. The molecule has 0 spiro atoms. The molecule has 18 heavy (non-hydrogen) atoms. The van der Waals surface area contributed by atoms with Gasteiger partial charge in [-0.3, -0.25) is 20.1 Å². The lowest BCUT2D eigenvalue weighted by atomic mass is 10.3. The molecule has 1 aliphatic heterocycles. The van der Waals surface area contributed by atoms with Gasteiger partial charge in [0.25, 0.3) is 5.91 Å². The lowest BCUT2D eigenvalue weighted by Gasteiger charge is -1.97. The van der Waals surface area contributed by atoms with Crippen LogP contribution in [-0.4, -0.2) is 28.1 Å². The number of pyridine rings is 1. The maximum atomic E-state index is 11.8. The number of hydrogen-bond acceptors (Lipinski definition) is 5. The maximum absolute atomic E-state index is 11.8. The van der Waals surface area contributed by atoms with Crippen LogP contribution in [0.25, 0.3) is 10.2 Å². The topological polar surface area (TPSA) is 67.2 Å². The van der Waals surface area contributed by atoms with Gasteiger partial charge in [0, 0.05) is 5.69 Å². The highest BCUT2D eigenvalue weighted by Crippen LogP contribution is 2.25. The van der Waals surface area contributed by atoms with E-state index in [1.807, 2.05) is 19.1 Å². The first-order valence-corrected chi connectivity index (χ1v) is 6.29. The summed E-state index contributed by atoms with van der Waals surface area (Å²) in [4.78, 5) is 24.4. The molecule has 1 aliphatic rings. The van der Waals surface area contributed by atoms with E-state index in [1.54, 1.807) is 12.3 Å². The highest BCUT2D eigenvalue weighted by atomic mass is 32.1. The van der Waals surface area contributed by atoms with E-state index in [0.717, 1.165) is 15.9 Å². The Kier molecular flexibility index (Phi) is 2.64. The SMILES string of the molecule is Cc1cc2sc(NC(=O)C3=NCC=C3)nc2cn1. The predicted molar refractivity (Wildman–Crippen MR) is 72.2 cm³/mol. The lowest BCUT2D eigenvalue weighted by Crippen LogP contribution is -2.19. The van der Waals surface area contributed by atoms with Gasteiger partial charge >= 0.3 is 0 Å². The summed E-state index contributed by atoms with van der Waals surface area (Å²) in [6.07, 6.45) is 5.28. The van der Waals surface area contributed by atoms with Crippen molar-refractivity contribution in [2.24, 2.45) is 4.99 Å². The van der Waals surface area contributed by atoms with E-state index in [0.29, 0.717) is 17.4 Å². The Morgan fingerprint density at radius 3 is 3.17 bits per heavy atom. The zero-order valence-corrected chi connectivity index (χ0v) is 10.5. The second-order valence-corrected chi connectivity index (χ2v) is 4.93. The molecule has 0 aliphatic carbocycles. The number of rotatable bonds is 2. The van der Waals surface area contributed by atoms with Crippen molar-refractivity contribution in [2.75, 3.05) is 11.9 Å². The number of hydrogen-bond donors (Lipinski definition) is 1. The quantitative estimate of drug-likeness (QED) is 0.895. The Bertz CT molecular complexity index is 686. The van der Waals surface area contributed by atoms with Gasteiger partial charge in [0.15, 0.2) is 5.13 Å². The summed E-state index contributed by atoms with van der Waals surface area (Å²) >= 11 is 1.44. The third-order valence-electron chi connectivity index (χ3n) is 2.51. The molecule has 0 bridgehead atoms. The van der Waals surface area contributed by atoms with Gasteiger partial charge in [-0.2, -0.15) is 0 Å². The van der Waals surface area contributed by atoms with Crippen molar-refractivity contribution in [1.29, 1.82) is 0 Å². The van der Waals surface area contributed by atoms with Gasteiger partial charge < -0.3 is 0 Å². The number of amides is 1. The highest BCUT2D eigenvalue weighted by molar-refractivity contribution is 7.22. The molecule has 0 fully saturated rings. The van der Waals surface area contributed by atoms with Gasteiger partial charge in [-0.05, 0) is 19.1 Å². The molecule has 0 unspecified atom stereocenters. The van der Waals surface area contributed by atoms with Crippen LogP contribution in [0, 0.1) is 6.92 Å². The lowest BCUT2D eigenvalue weighted by molar-refractivity contribution is -0.110. The summed E-state index contributed by atoms with van der Waals surface area (Å²) in [6, 6.07) is 1.95. The standard InChI is InChI=1S/C12H10N4OS/c1-7-5-10-9(6-14-7)15-12(18-10)16-11(17)8-3-2-4-13-8/h2-3,5-6H,4H2,1H3,(H,15,16,17). The second-order valence-electron chi connectivity index (χ2n) is 3.89. The fourth-order valence-electron chi connectivity index (χ4n) is 1.66. The van der Waals surface area contributed by atoms with Crippen LogP contribution in [0.3, 0.4) is 0 Å². The normalized spacial score (nSPS) is 13.9. The minimum absolute atomic E-state index is 0.215. The molecule has 6 heteroatoms. The Hall–Kier alpha value is -2.08. The first kappa shape index (κ1) is 11.0. The van der Waals surface area contributed by atoms with E-state index >= 15 is 0 Å². The van der Waals surface area contributed by atoms with E-state index < -0.39 is 0 Å². The Morgan fingerprint density at radius 1 is 1.50 bits per heavy atom. The average molecular weight is 258 g/mol. The largest absolute Gasteiger partial charge is 0.296 e. The number of aliphatic imine (C=N–C) groups is 1. The fourth-order valence-corrected chi connectivity index (χ4v) is 2.59. The van der Waals surface area contributed by atoms with Crippen LogP contribution in [-0.2, 0) is 4.79 Å². The van der Waals surface area contributed by atoms with E-state index in [1.165, 1.54) is 11.3 Å². The molecule has 3 heterocycles. The second kappa shape index (κ2) is 4.30.